The Labute approximate surface area is 92.8 Å². The lowest BCUT2D eigenvalue weighted by atomic mass is 9.60. The Morgan fingerprint density at radius 2 is 2.20 bits per heavy atom. The molecule has 86 valence electrons. The Morgan fingerprint density at radius 1 is 1.47 bits per heavy atom. The van der Waals surface area contributed by atoms with Gasteiger partial charge in [0.25, 0.3) is 0 Å². The number of rotatable bonds is 1. The molecule has 2 aliphatic rings. The molecule has 1 saturated carbocycles. The smallest absolute Gasteiger partial charge is 0.221 e. The Balaban J connectivity index is 2.21. The summed E-state index contributed by atoms with van der Waals surface area (Å²) in [4.78, 5) is 11.6. The Kier molecular flexibility index (Phi) is 2.56. The molecule has 1 amide bonds. The van der Waals surface area contributed by atoms with Gasteiger partial charge in [0.1, 0.15) is 0 Å². The van der Waals surface area contributed by atoms with Crippen LogP contribution in [0.5, 0.6) is 0 Å². The highest BCUT2D eigenvalue weighted by Gasteiger charge is 2.53. The normalized spacial score (nSPS) is 39.4. The second-order valence-corrected chi connectivity index (χ2v) is 6.00. The SMILES string of the molecule is CCC1CCCC2(CC(=O)NC2(C)C)C1. The minimum atomic E-state index is 0.0118. The summed E-state index contributed by atoms with van der Waals surface area (Å²) in [5, 5.41) is 3.16. The van der Waals surface area contributed by atoms with Crippen molar-refractivity contribution in [2.75, 3.05) is 0 Å². The van der Waals surface area contributed by atoms with Gasteiger partial charge in [0.15, 0.2) is 0 Å². The van der Waals surface area contributed by atoms with E-state index >= 15 is 0 Å². The lowest BCUT2D eigenvalue weighted by Gasteiger charge is -2.46. The standard InChI is InChI=1S/C13H23NO/c1-4-10-6-5-7-13(8-10)9-11(15)14-12(13,2)3/h10H,4-9H2,1-3H3,(H,14,15). The molecule has 2 fully saturated rings. The van der Waals surface area contributed by atoms with Gasteiger partial charge >= 0.3 is 0 Å². The van der Waals surface area contributed by atoms with Gasteiger partial charge in [-0.1, -0.05) is 26.2 Å². The summed E-state index contributed by atoms with van der Waals surface area (Å²) >= 11 is 0. The van der Waals surface area contributed by atoms with Crippen molar-refractivity contribution >= 4 is 5.91 Å². The maximum Gasteiger partial charge on any atom is 0.221 e. The van der Waals surface area contributed by atoms with Crippen LogP contribution in [0.4, 0.5) is 0 Å². The molecule has 2 rings (SSSR count). The summed E-state index contributed by atoms with van der Waals surface area (Å²) in [6.45, 7) is 6.69. The Hall–Kier alpha value is -0.530. The maximum atomic E-state index is 11.6. The minimum Gasteiger partial charge on any atom is -0.351 e. The summed E-state index contributed by atoms with van der Waals surface area (Å²) in [7, 11) is 0. The quantitative estimate of drug-likeness (QED) is 0.707. The zero-order valence-electron chi connectivity index (χ0n) is 10.2. The molecule has 1 spiro atoms. The van der Waals surface area contributed by atoms with E-state index < -0.39 is 0 Å². The van der Waals surface area contributed by atoms with Crippen LogP contribution in [0, 0.1) is 11.3 Å². The van der Waals surface area contributed by atoms with E-state index in [9.17, 15) is 4.79 Å². The Morgan fingerprint density at radius 3 is 2.73 bits per heavy atom. The zero-order valence-corrected chi connectivity index (χ0v) is 10.2. The number of carbonyl (C=O) groups is 1. The molecule has 0 aromatic carbocycles. The van der Waals surface area contributed by atoms with Crippen LogP contribution in [0.2, 0.25) is 0 Å². The predicted molar refractivity (Wildman–Crippen MR) is 61.5 cm³/mol. The second-order valence-electron chi connectivity index (χ2n) is 6.00. The Bertz CT molecular complexity index is 272. The van der Waals surface area contributed by atoms with Crippen molar-refractivity contribution < 1.29 is 4.79 Å². The van der Waals surface area contributed by atoms with Gasteiger partial charge in [-0.15, -0.1) is 0 Å². The third kappa shape index (κ3) is 1.68. The molecule has 0 bridgehead atoms. The van der Waals surface area contributed by atoms with Crippen molar-refractivity contribution in [3.63, 3.8) is 0 Å². The highest BCUT2D eigenvalue weighted by atomic mass is 16.2. The average molecular weight is 209 g/mol. The van der Waals surface area contributed by atoms with Crippen molar-refractivity contribution in [2.45, 2.75) is 64.8 Å². The summed E-state index contributed by atoms with van der Waals surface area (Å²) in [6.07, 6.45) is 7.17. The van der Waals surface area contributed by atoms with Crippen molar-refractivity contribution in [3.05, 3.63) is 0 Å². The van der Waals surface area contributed by atoms with E-state index in [0.29, 0.717) is 0 Å². The number of carbonyl (C=O) groups excluding carboxylic acids is 1. The van der Waals surface area contributed by atoms with Crippen LogP contribution in [0.3, 0.4) is 0 Å². The van der Waals surface area contributed by atoms with Crippen LogP contribution in [0.25, 0.3) is 0 Å². The van der Waals surface area contributed by atoms with Crippen LogP contribution in [-0.2, 0) is 4.79 Å². The molecule has 0 aromatic heterocycles. The van der Waals surface area contributed by atoms with Gasteiger partial charge in [0.2, 0.25) is 5.91 Å². The topological polar surface area (TPSA) is 29.1 Å². The van der Waals surface area contributed by atoms with E-state index in [1.54, 1.807) is 0 Å². The van der Waals surface area contributed by atoms with Crippen molar-refractivity contribution in [1.82, 2.24) is 5.32 Å². The van der Waals surface area contributed by atoms with Crippen molar-refractivity contribution in [1.29, 1.82) is 0 Å². The molecule has 0 radical (unpaired) electrons. The highest BCUT2D eigenvalue weighted by Crippen LogP contribution is 2.52. The lowest BCUT2D eigenvalue weighted by Crippen LogP contribution is -2.49. The van der Waals surface area contributed by atoms with E-state index in [-0.39, 0.29) is 16.9 Å². The summed E-state index contributed by atoms with van der Waals surface area (Å²) < 4.78 is 0. The largest absolute Gasteiger partial charge is 0.351 e. The molecule has 1 aliphatic carbocycles. The second kappa shape index (κ2) is 3.50. The first-order valence-corrected chi connectivity index (χ1v) is 6.30. The van der Waals surface area contributed by atoms with Crippen LogP contribution in [0.15, 0.2) is 0 Å². The first-order chi connectivity index (χ1) is 6.99. The lowest BCUT2D eigenvalue weighted by molar-refractivity contribution is -0.120. The van der Waals surface area contributed by atoms with Gasteiger partial charge < -0.3 is 5.32 Å². The van der Waals surface area contributed by atoms with Crippen molar-refractivity contribution in [3.8, 4) is 0 Å². The molecule has 2 unspecified atom stereocenters. The van der Waals surface area contributed by atoms with Crippen molar-refractivity contribution in [2.24, 2.45) is 11.3 Å². The van der Waals surface area contributed by atoms with Gasteiger partial charge in [0.05, 0.1) is 0 Å². The van der Waals surface area contributed by atoms with E-state index in [1.165, 1.54) is 32.1 Å². The van der Waals surface area contributed by atoms with Gasteiger partial charge in [-0.25, -0.2) is 0 Å². The van der Waals surface area contributed by atoms with Crippen LogP contribution in [0.1, 0.15) is 59.3 Å². The molecular weight excluding hydrogens is 186 g/mol. The number of hydrogen-bond donors (Lipinski definition) is 1. The molecule has 2 heteroatoms. The molecular formula is C13H23NO. The number of amides is 1. The van der Waals surface area contributed by atoms with Gasteiger partial charge in [-0.3, -0.25) is 4.79 Å². The maximum absolute atomic E-state index is 11.6. The van der Waals surface area contributed by atoms with E-state index in [0.717, 1.165) is 12.3 Å². The van der Waals surface area contributed by atoms with E-state index in [1.807, 2.05) is 0 Å². The van der Waals surface area contributed by atoms with Gasteiger partial charge in [-0.2, -0.15) is 0 Å². The van der Waals surface area contributed by atoms with E-state index in [2.05, 4.69) is 26.1 Å². The first-order valence-electron chi connectivity index (χ1n) is 6.30. The fraction of sp³-hybridized carbons (Fsp3) is 0.923. The van der Waals surface area contributed by atoms with Crippen LogP contribution in [-0.4, -0.2) is 11.4 Å². The van der Waals surface area contributed by atoms with Crippen LogP contribution < -0.4 is 5.32 Å². The molecule has 2 nitrogen and oxygen atoms in total. The van der Waals surface area contributed by atoms with Crippen LogP contribution >= 0.6 is 0 Å². The molecule has 1 aliphatic heterocycles. The summed E-state index contributed by atoms with van der Waals surface area (Å²) in [5.41, 5.74) is 0.265. The third-order valence-corrected chi connectivity index (χ3v) is 4.80. The molecule has 15 heavy (non-hydrogen) atoms. The fourth-order valence-electron chi connectivity index (χ4n) is 3.62. The number of nitrogens with one attached hydrogen (secondary N) is 1. The molecule has 2 atom stereocenters. The molecule has 1 N–H and O–H groups in total. The monoisotopic (exact) mass is 209 g/mol. The minimum absolute atomic E-state index is 0.0118. The first kappa shape index (κ1) is 11.0. The molecule has 1 saturated heterocycles. The average Bonchev–Trinajstić information content (AvgIpc) is 2.36. The van der Waals surface area contributed by atoms with Gasteiger partial charge in [0, 0.05) is 17.4 Å². The van der Waals surface area contributed by atoms with Gasteiger partial charge in [-0.05, 0) is 32.6 Å². The summed E-state index contributed by atoms with van der Waals surface area (Å²) in [5.74, 6) is 1.10. The van der Waals surface area contributed by atoms with E-state index in [4.69, 9.17) is 0 Å². The third-order valence-electron chi connectivity index (χ3n) is 4.80. The molecule has 1 heterocycles. The molecule has 0 aromatic rings. The number of hydrogen-bond acceptors (Lipinski definition) is 1. The fourth-order valence-corrected chi connectivity index (χ4v) is 3.62. The zero-order chi connectivity index (χ0) is 11.1. The summed E-state index contributed by atoms with van der Waals surface area (Å²) in [6, 6.07) is 0. The predicted octanol–water partition coefficient (Wildman–Crippen LogP) is 2.87. The highest BCUT2D eigenvalue weighted by molar-refractivity contribution is 5.80.